The highest BCUT2D eigenvalue weighted by Crippen LogP contribution is 2.39. The van der Waals surface area contributed by atoms with E-state index in [0.29, 0.717) is 24.3 Å². The summed E-state index contributed by atoms with van der Waals surface area (Å²) in [6, 6.07) is 13.7. The number of likely N-dealkylation sites (tertiary alicyclic amines) is 2. The number of nitrogens with zero attached hydrogens (tertiary/aromatic N) is 3. The van der Waals surface area contributed by atoms with E-state index in [1.165, 1.54) is 5.56 Å². The van der Waals surface area contributed by atoms with Gasteiger partial charge in [-0.05, 0) is 43.4 Å². The number of carbonyl (C=O) groups excluding carboxylic acids is 2. The van der Waals surface area contributed by atoms with Gasteiger partial charge in [-0.25, -0.2) is 4.98 Å². The number of benzene rings is 1. The van der Waals surface area contributed by atoms with Crippen molar-refractivity contribution in [3.63, 3.8) is 0 Å². The van der Waals surface area contributed by atoms with Crippen LogP contribution in [0.1, 0.15) is 41.6 Å². The van der Waals surface area contributed by atoms with E-state index in [-0.39, 0.29) is 17.2 Å². The molecule has 2 saturated heterocycles. The third kappa shape index (κ3) is 4.42. The maximum absolute atomic E-state index is 13.0. The van der Waals surface area contributed by atoms with Crippen molar-refractivity contribution in [2.45, 2.75) is 32.1 Å². The molecule has 1 atom stereocenters. The molecule has 0 aliphatic carbocycles. The molecule has 2 amide bonds. The molecule has 2 N–H and O–H groups in total. The molecule has 1 aromatic carbocycles. The molecule has 0 bridgehead atoms. The summed E-state index contributed by atoms with van der Waals surface area (Å²) in [4.78, 5) is 33.5. The first-order valence-corrected chi connectivity index (χ1v) is 10.4. The van der Waals surface area contributed by atoms with Gasteiger partial charge >= 0.3 is 0 Å². The van der Waals surface area contributed by atoms with E-state index in [1.807, 2.05) is 28.0 Å². The van der Waals surface area contributed by atoms with Crippen LogP contribution in [0.2, 0.25) is 0 Å². The minimum atomic E-state index is -0.000253. The number of piperidine rings is 2. The molecule has 4 rings (SSSR count). The number of amides is 2. The SMILES string of the molecule is Nc1ccc(C(=O)N2CCCC3(CCC(=O)N(CCc4ccccc4)C3)C2)cn1. The number of nitrogens with two attached hydrogens (primary N) is 1. The Hall–Kier alpha value is -2.89. The summed E-state index contributed by atoms with van der Waals surface area (Å²) in [5.41, 5.74) is 7.46. The Bertz CT molecular complexity index is 868. The Morgan fingerprint density at radius 2 is 1.93 bits per heavy atom. The first kappa shape index (κ1) is 19.4. The van der Waals surface area contributed by atoms with E-state index in [9.17, 15) is 9.59 Å². The molecule has 29 heavy (non-hydrogen) atoms. The van der Waals surface area contributed by atoms with Gasteiger partial charge in [0, 0.05) is 44.2 Å². The standard InChI is InChI=1S/C23H28N4O2/c24-20-8-7-19(15-25-20)22(29)27-13-4-11-23(17-27)12-9-21(28)26(16-23)14-10-18-5-2-1-3-6-18/h1-3,5-8,15H,4,9-14,16-17H2,(H2,24,25). The molecule has 2 aliphatic rings. The van der Waals surface area contributed by atoms with Crippen LogP contribution < -0.4 is 5.73 Å². The van der Waals surface area contributed by atoms with Crippen molar-refractivity contribution in [2.75, 3.05) is 31.9 Å². The number of anilines is 1. The van der Waals surface area contributed by atoms with Crippen molar-refractivity contribution in [2.24, 2.45) is 5.41 Å². The van der Waals surface area contributed by atoms with Crippen molar-refractivity contribution in [1.82, 2.24) is 14.8 Å². The molecule has 1 aromatic heterocycles. The number of carbonyl (C=O) groups is 2. The van der Waals surface area contributed by atoms with E-state index < -0.39 is 0 Å². The Labute approximate surface area is 171 Å². The van der Waals surface area contributed by atoms with Crippen LogP contribution in [0, 0.1) is 5.41 Å². The quantitative estimate of drug-likeness (QED) is 0.868. The highest BCUT2D eigenvalue weighted by molar-refractivity contribution is 5.94. The van der Waals surface area contributed by atoms with E-state index in [1.54, 1.807) is 18.3 Å². The summed E-state index contributed by atoms with van der Waals surface area (Å²) in [6.07, 6.45) is 5.87. The summed E-state index contributed by atoms with van der Waals surface area (Å²) in [7, 11) is 0. The largest absolute Gasteiger partial charge is 0.384 e. The summed E-state index contributed by atoms with van der Waals surface area (Å²) >= 11 is 0. The van der Waals surface area contributed by atoms with Crippen LogP contribution in [0.15, 0.2) is 48.7 Å². The second kappa shape index (κ2) is 8.23. The topological polar surface area (TPSA) is 79.5 Å². The van der Waals surface area contributed by atoms with Gasteiger partial charge in [0.25, 0.3) is 5.91 Å². The smallest absolute Gasteiger partial charge is 0.255 e. The van der Waals surface area contributed by atoms with Crippen molar-refractivity contribution >= 4 is 17.6 Å². The van der Waals surface area contributed by atoms with Gasteiger partial charge in [-0.15, -0.1) is 0 Å². The number of aromatic nitrogens is 1. The zero-order valence-corrected chi connectivity index (χ0v) is 16.7. The lowest BCUT2D eigenvalue weighted by atomic mass is 9.73. The predicted octanol–water partition coefficient (Wildman–Crippen LogP) is 2.75. The molecule has 0 saturated carbocycles. The average molecular weight is 393 g/mol. The molecule has 152 valence electrons. The van der Waals surface area contributed by atoms with Crippen LogP contribution in [0.25, 0.3) is 0 Å². The lowest BCUT2D eigenvalue weighted by molar-refractivity contribution is -0.138. The van der Waals surface area contributed by atoms with E-state index in [2.05, 4.69) is 17.1 Å². The third-order valence-corrected chi connectivity index (χ3v) is 6.24. The van der Waals surface area contributed by atoms with Gasteiger partial charge in [-0.1, -0.05) is 30.3 Å². The van der Waals surface area contributed by atoms with E-state index >= 15 is 0 Å². The molecule has 6 heteroatoms. The van der Waals surface area contributed by atoms with Crippen LogP contribution in [0.5, 0.6) is 0 Å². The maximum atomic E-state index is 13.0. The Kier molecular flexibility index (Phi) is 5.51. The Balaban J connectivity index is 1.43. The lowest BCUT2D eigenvalue weighted by Gasteiger charge is -2.48. The van der Waals surface area contributed by atoms with Crippen LogP contribution >= 0.6 is 0 Å². The number of pyridine rings is 1. The molecule has 2 fully saturated rings. The van der Waals surface area contributed by atoms with Gasteiger partial charge in [-0.2, -0.15) is 0 Å². The van der Waals surface area contributed by atoms with Crippen molar-refractivity contribution in [3.8, 4) is 0 Å². The summed E-state index contributed by atoms with van der Waals surface area (Å²) in [6.45, 7) is 2.93. The zero-order chi connectivity index (χ0) is 20.3. The molecule has 2 aromatic rings. The van der Waals surface area contributed by atoms with Gasteiger partial charge in [0.15, 0.2) is 0 Å². The molecular formula is C23H28N4O2. The molecule has 3 heterocycles. The summed E-state index contributed by atoms with van der Waals surface area (Å²) in [5, 5.41) is 0. The van der Waals surface area contributed by atoms with Crippen LogP contribution in [-0.2, 0) is 11.2 Å². The van der Waals surface area contributed by atoms with Gasteiger partial charge in [0.2, 0.25) is 5.91 Å². The fraction of sp³-hybridized carbons (Fsp3) is 0.435. The highest BCUT2D eigenvalue weighted by Gasteiger charge is 2.42. The zero-order valence-electron chi connectivity index (χ0n) is 16.7. The van der Waals surface area contributed by atoms with Gasteiger partial charge in [0.05, 0.1) is 5.56 Å². The normalized spacial score (nSPS) is 22.1. The predicted molar refractivity (Wildman–Crippen MR) is 112 cm³/mol. The minimum absolute atomic E-state index is 0.000253. The third-order valence-electron chi connectivity index (χ3n) is 6.24. The lowest BCUT2D eigenvalue weighted by Crippen LogP contribution is -2.55. The first-order valence-electron chi connectivity index (χ1n) is 10.4. The second-order valence-electron chi connectivity index (χ2n) is 8.35. The number of hydrogen-bond donors (Lipinski definition) is 1. The number of hydrogen-bond acceptors (Lipinski definition) is 4. The summed E-state index contributed by atoms with van der Waals surface area (Å²) < 4.78 is 0. The van der Waals surface area contributed by atoms with Crippen LogP contribution in [0.4, 0.5) is 5.82 Å². The minimum Gasteiger partial charge on any atom is -0.384 e. The fourth-order valence-electron chi connectivity index (χ4n) is 4.64. The van der Waals surface area contributed by atoms with Crippen molar-refractivity contribution in [1.29, 1.82) is 0 Å². The van der Waals surface area contributed by atoms with Crippen LogP contribution in [-0.4, -0.2) is 52.8 Å². The number of rotatable bonds is 4. The maximum Gasteiger partial charge on any atom is 0.255 e. The molecule has 6 nitrogen and oxygen atoms in total. The molecule has 2 aliphatic heterocycles. The van der Waals surface area contributed by atoms with E-state index in [4.69, 9.17) is 5.73 Å². The average Bonchev–Trinajstić information content (AvgIpc) is 2.75. The van der Waals surface area contributed by atoms with Crippen molar-refractivity contribution in [3.05, 3.63) is 59.8 Å². The Morgan fingerprint density at radius 1 is 1.10 bits per heavy atom. The number of nitrogen functional groups attached to an aromatic ring is 1. The summed E-state index contributed by atoms with van der Waals surface area (Å²) in [5.74, 6) is 0.651. The van der Waals surface area contributed by atoms with E-state index in [0.717, 1.165) is 45.3 Å². The molecule has 0 radical (unpaired) electrons. The monoisotopic (exact) mass is 392 g/mol. The van der Waals surface area contributed by atoms with Crippen molar-refractivity contribution < 1.29 is 9.59 Å². The molecular weight excluding hydrogens is 364 g/mol. The molecule has 1 unspecified atom stereocenters. The second-order valence-corrected chi connectivity index (χ2v) is 8.35. The van der Waals surface area contributed by atoms with Gasteiger partial charge in [0.1, 0.15) is 5.82 Å². The van der Waals surface area contributed by atoms with Gasteiger partial charge in [-0.3, -0.25) is 9.59 Å². The van der Waals surface area contributed by atoms with Gasteiger partial charge < -0.3 is 15.5 Å². The Morgan fingerprint density at radius 3 is 2.69 bits per heavy atom. The fourth-order valence-corrected chi connectivity index (χ4v) is 4.64. The van der Waals surface area contributed by atoms with Crippen LogP contribution in [0.3, 0.4) is 0 Å². The molecule has 1 spiro atoms. The highest BCUT2D eigenvalue weighted by atomic mass is 16.2. The first-order chi connectivity index (χ1) is 14.0.